The Balaban J connectivity index is 1.63. The first kappa shape index (κ1) is 22.3. The summed E-state index contributed by atoms with van der Waals surface area (Å²) >= 11 is 8.79. The molecule has 0 bridgehead atoms. The van der Waals surface area contributed by atoms with Gasteiger partial charge in [-0.1, -0.05) is 22.9 Å². The van der Waals surface area contributed by atoms with Crippen LogP contribution in [-0.4, -0.2) is 69.4 Å². The number of fused-ring (bicyclic) bond motifs is 1. The second-order valence-corrected chi connectivity index (χ2v) is 9.70. The number of hydrogen-bond donors (Lipinski definition) is 0. The minimum Gasteiger partial charge on any atom is -0.495 e. The number of methoxy groups -OCH3 is 2. The minimum absolute atomic E-state index is 0.101. The maximum Gasteiger partial charge on any atom is 0.270 e. The minimum atomic E-state index is -0.101. The molecule has 0 spiro atoms. The molecule has 1 aliphatic heterocycles. The molecule has 1 aliphatic rings. The first-order valence-corrected chi connectivity index (χ1v) is 12.0. The highest BCUT2D eigenvalue weighted by Gasteiger charge is 2.25. The zero-order valence-corrected chi connectivity index (χ0v) is 19.8. The molecule has 3 aromatic rings. The third kappa shape index (κ3) is 4.96. The highest BCUT2D eigenvalue weighted by atomic mass is 35.5. The Morgan fingerprint density at radius 3 is 2.58 bits per heavy atom. The van der Waals surface area contributed by atoms with Gasteiger partial charge in [-0.2, -0.15) is 0 Å². The number of nitrogens with zero attached hydrogens (tertiary/aromatic N) is 3. The molecule has 1 fully saturated rings. The van der Waals surface area contributed by atoms with Crippen LogP contribution in [-0.2, 0) is 4.74 Å². The number of ether oxygens (including phenoxy) is 3. The number of halogens is 1. The van der Waals surface area contributed by atoms with Crippen LogP contribution in [0.25, 0.3) is 10.2 Å². The number of carbonyl (C=O) groups is 1. The normalized spacial score (nSPS) is 14.7. The molecular formula is C21H24ClN3O4S2. The van der Waals surface area contributed by atoms with Gasteiger partial charge in [-0.05, 0) is 30.7 Å². The molecular weight excluding hydrogens is 458 g/mol. The van der Waals surface area contributed by atoms with Crippen molar-refractivity contribution >= 4 is 55.5 Å². The molecule has 0 radical (unpaired) electrons. The van der Waals surface area contributed by atoms with Gasteiger partial charge in [0.25, 0.3) is 5.91 Å². The zero-order chi connectivity index (χ0) is 21.8. The fourth-order valence-electron chi connectivity index (χ4n) is 3.51. The van der Waals surface area contributed by atoms with Crippen molar-refractivity contribution in [3.63, 3.8) is 0 Å². The molecule has 31 heavy (non-hydrogen) atoms. The molecule has 0 unspecified atom stereocenters. The fraction of sp³-hybridized carbons (Fsp3) is 0.429. The van der Waals surface area contributed by atoms with Crippen LogP contribution in [0.3, 0.4) is 0 Å². The third-order valence-electron chi connectivity index (χ3n) is 5.12. The predicted octanol–water partition coefficient (Wildman–Crippen LogP) is 4.40. The summed E-state index contributed by atoms with van der Waals surface area (Å²) in [6, 6.07) is 7.19. The molecule has 1 amide bonds. The molecule has 1 saturated heterocycles. The van der Waals surface area contributed by atoms with Crippen LogP contribution in [0.2, 0.25) is 4.34 Å². The van der Waals surface area contributed by atoms with Crippen LogP contribution in [0.5, 0.6) is 11.5 Å². The first-order chi connectivity index (χ1) is 15.1. The van der Waals surface area contributed by atoms with Crippen LogP contribution in [0, 0.1) is 0 Å². The lowest BCUT2D eigenvalue weighted by Gasteiger charge is -2.27. The SMILES string of the molecule is COc1ccc(OC)c2sc(N(CCCN3CCOCC3)C(=O)c3ccc(Cl)s3)nc12. The number of aromatic nitrogens is 1. The van der Waals surface area contributed by atoms with Crippen LogP contribution < -0.4 is 14.4 Å². The monoisotopic (exact) mass is 481 g/mol. The van der Waals surface area contributed by atoms with Gasteiger partial charge in [-0.3, -0.25) is 14.6 Å². The Morgan fingerprint density at radius 1 is 1.16 bits per heavy atom. The number of anilines is 1. The molecule has 166 valence electrons. The number of carbonyl (C=O) groups excluding carboxylic acids is 1. The predicted molar refractivity (Wildman–Crippen MR) is 126 cm³/mol. The van der Waals surface area contributed by atoms with Gasteiger partial charge in [0, 0.05) is 26.2 Å². The highest BCUT2D eigenvalue weighted by Crippen LogP contribution is 2.40. The number of rotatable bonds is 8. The number of thiophene rings is 1. The largest absolute Gasteiger partial charge is 0.495 e. The van der Waals surface area contributed by atoms with Gasteiger partial charge >= 0.3 is 0 Å². The van der Waals surface area contributed by atoms with E-state index in [4.69, 9.17) is 30.8 Å². The van der Waals surface area contributed by atoms with E-state index in [0.29, 0.717) is 37.9 Å². The van der Waals surface area contributed by atoms with E-state index < -0.39 is 0 Å². The molecule has 1 aromatic carbocycles. The van der Waals surface area contributed by atoms with E-state index in [1.54, 1.807) is 31.3 Å². The number of thiazole rings is 1. The molecule has 0 N–H and O–H groups in total. The van der Waals surface area contributed by atoms with Gasteiger partial charge < -0.3 is 14.2 Å². The van der Waals surface area contributed by atoms with E-state index in [1.165, 1.54) is 22.7 Å². The molecule has 10 heteroatoms. The van der Waals surface area contributed by atoms with Crippen LogP contribution >= 0.6 is 34.3 Å². The van der Waals surface area contributed by atoms with E-state index in [9.17, 15) is 4.79 Å². The summed E-state index contributed by atoms with van der Waals surface area (Å²) in [7, 11) is 3.23. The van der Waals surface area contributed by atoms with E-state index in [-0.39, 0.29) is 5.91 Å². The second kappa shape index (κ2) is 10.1. The third-order valence-corrected chi connectivity index (χ3v) is 7.43. The molecule has 3 heterocycles. The van der Waals surface area contributed by atoms with Crippen molar-refractivity contribution < 1.29 is 19.0 Å². The highest BCUT2D eigenvalue weighted by molar-refractivity contribution is 7.23. The van der Waals surface area contributed by atoms with Crippen molar-refractivity contribution in [1.82, 2.24) is 9.88 Å². The van der Waals surface area contributed by atoms with Gasteiger partial charge in [0.15, 0.2) is 5.13 Å². The van der Waals surface area contributed by atoms with Crippen molar-refractivity contribution in [2.75, 3.05) is 58.5 Å². The lowest BCUT2D eigenvalue weighted by molar-refractivity contribution is 0.0376. The van der Waals surface area contributed by atoms with Gasteiger partial charge in [0.05, 0.1) is 36.6 Å². The maximum atomic E-state index is 13.4. The Labute approximate surface area is 194 Å². The molecule has 4 rings (SSSR count). The Bertz CT molecular complexity index is 1010. The number of morpholine rings is 1. The average Bonchev–Trinajstić information content (AvgIpc) is 3.43. The molecule has 0 atom stereocenters. The number of amides is 1. The summed E-state index contributed by atoms with van der Waals surface area (Å²) in [5, 5.41) is 0.620. The van der Waals surface area contributed by atoms with Gasteiger partial charge in [-0.15, -0.1) is 11.3 Å². The van der Waals surface area contributed by atoms with E-state index in [2.05, 4.69) is 4.90 Å². The van der Waals surface area contributed by atoms with Crippen LogP contribution in [0.15, 0.2) is 24.3 Å². The summed E-state index contributed by atoms with van der Waals surface area (Å²) in [5.41, 5.74) is 0.692. The number of hydrogen-bond acceptors (Lipinski definition) is 8. The topological polar surface area (TPSA) is 64.1 Å². The van der Waals surface area contributed by atoms with Crippen molar-refractivity contribution in [3.05, 3.63) is 33.5 Å². The van der Waals surface area contributed by atoms with Gasteiger partial charge in [-0.25, -0.2) is 4.98 Å². The summed E-state index contributed by atoms with van der Waals surface area (Å²) in [4.78, 5) is 22.8. The van der Waals surface area contributed by atoms with E-state index in [0.717, 1.165) is 44.0 Å². The Hall–Kier alpha value is -1.91. The number of benzene rings is 1. The second-order valence-electron chi connectivity index (χ2n) is 7.01. The standard InChI is InChI=1S/C21H24ClN3O4S2/c1-27-14-4-5-15(28-2)19-18(14)23-21(31-19)25(20(26)16-6-7-17(22)30-16)9-3-8-24-10-12-29-13-11-24/h4-7H,3,8-13H2,1-2H3. The maximum absolute atomic E-state index is 13.4. The molecule has 0 saturated carbocycles. The summed E-state index contributed by atoms with van der Waals surface area (Å²) in [6.07, 6.45) is 0.828. The quantitative estimate of drug-likeness (QED) is 0.475. The lowest BCUT2D eigenvalue weighted by Crippen LogP contribution is -2.39. The van der Waals surface area contributed by atoms with Crippen molar-refractivity contribution in [3.8, 4) is 11.5 Å². The average molecular weight is 482 g/mol. The molecule has 2 aromatic heterocycles. The lowest BCUT2D eigenvalue weighted by atomic mass is 10.3. The van der Waals surface area contributed by atoms with E-state index in [1.807, 2.05) is 12.1 Å². The van der Waals surface area contributed by atoms with Gasteiger partial charge in [0.1, 0.15) is 21.7 Å². The Morgan fingerprint density at radius 2 is 1.90 bits per heavy atom. The Kier molecular flexibility index (Phi) is 7.29. The zero-order valence-electron chi connectivity index (χ0n) is 17.4. The van der Waals surface area contributed by atoms with E-state index >= 15 is 0 Å². The summed E-state index contributed by atoms with van der Waals surface area (Å²) in [5.74, 6) is 1.26. The first-order valence-electron chi connectivity index (χ1n) is 9.99. The fourth-order valence-corrected chi connectivity index (χ4v) is 5.60. The van der Waals surface area contributed by atoms with Crippen LogP contribution in [0.1, 0.15) is 16.1 Å². The van der Waals surface area contributed by atoms with Crippen molar-refractivity contribution in [2.45, 2.75) is 6.42 Å². The summed E-state index contributed by atoms with van der Waals surface area (Å²) in [6.45, 7) is 4.81. The van der Waals surface area contributed by atoms with Crippen molar-refractivity contribution in [1.29, 1.82) is 0 Å². The molecule has 7 nitrogen and oxygen atoms in total. The summed E-state index contributed by atoms with van der Waals surface area (Å²) < 4.78 is 17.9. The van der Waals surface area contributed by atoms with Crippen LogP contribution in [0.4, 0.5) is 5.13 Å². The smallest absolute Gasteiger partial charge is 0.270 e. The molecule has 0 aliphatic carbocycles. The van der Waals surface area contributed by atoms with Crippen molar-refractivity contribution in [2.24, 2.45) is 0 Å². The van der Waals surface area contributed by atoms with Gasteiger partial charge in [0.2, 0.25) is 0 Å².